The van der Waals surface area contributed by atoms with Crippen LogP contribution >= 0.6 is 15.9 Å². The van der Waals surface area contributed by atoms with Crippen molar-refractivity contribution in [3.63, 3.8) is 0 Å². The number of hydrogen-bond donors (Lipinski definition) is 2. The Bertz CT molecular complexity index is 518. The van der Waals surface area contributed by atoms with Gasteiger partial charge in [-0.1, -0.05) is 0 Å². The Morgan fingerprint density at radius 2 is 2.24 bits per heavy atom. The number of anilines is 2. The molecule has 1 aromatic heterocycles. The summed E-state index contributed by atoms with van der Waals surface area (Å²) in [6, 6.07) is 4.65. The predicted octanol–water partition coefficient (Wildman–Crippen LogP) is 2.57. The van der Waals surface area contributed by atoms with E-state index < -0.39 is 0 Å². The first kappa shape index (κ1) is 11.8. The summed E-state index contributed by atoms with van der Waals surface area (Å²) in [5, 5.41) is 3.02. The molecule has 4 nitrogen and oxygen atoms in total. The van der Waals surface area contributed by atoms with Gasteiger partial charge in [-0.2, -0.15) is 0 Å². The first-order valence-corrected chi connectivity index (χ1v) is 5.69. The number of aromatic nitrogens is 2. The molecule has 6 heteroatoms. The van der Waals surface area contributed by atoms with E-state index >= 15 is 0 Å². The number of hydrogen-bond acceptors (Lipinski definition) is 4. The van der Waals surface area contributed by atoms with Crippen LogP contribution in [0, 0.1) is 5.82 Å². The molecule has 0 amide bonds. The van der Waals surface area contributed by atoms with Crippen molar-refractivity contribution in [1.29, 1.82) is 0 Å². The van der Waals surface area contributed by atoms with E-state index in [2.05, 4.69) is 31.2 Å². The quantitative estimate of drug-likeness (QED) is 0.855. The van der Waals surface area contributed by atoms with E-state index in [1.165, 1.54) is 18.5 Å². The molecule has 0 saturated heterocycles. The largest absolute Gasteiger partial charge is 0.397 e. The first-order chi connectivity index (χ1) is 8.16. The molecule has 3 N–H and O–H groups in total. The summed E-state index contributed by atoms with van der Waals surface area (Å²) < 4.78 is 13.7. The van der Waals surface area contributed by atoms with Crippen LogP contribution in [-0.2, 0) is 6.54 Å². The molecule has 2 rings (SSSR count). The van der Waals surface area contributed by atoms with Crippen molar-refractivity contribution >= 4 is 27.3 Å². The molecular formula is C11H10BrFN4. The summed E-state index contributed by atoms with van der Waals surface area (Å²) in [4.78, 5) is 7.86. The molecule has 2 aromatic rings. The van der Waals surface area contributed by atoms with Crippen LogP contribution in [0.1, 0.15) is 5.69 Å². The molecule has 0 radical (unpaired) electrons. The van der Waals surface area contributed by atoms with Crippen LogP contribution in [0.5, 0.6) is 0 Å². The van der Waals surface area contributed by atoms with Gasteiger partial charge >= 0.3 is 0 Å². The SMILES string of the molecule is Nc1cc(Br)c(F)cc1NCc1ccncn1. The molecule has 88 valence electrons. The van der Waals surface area contributed by atoms with Crippen LogP contribution in [0.4, 0.5) is 15.8 Å². The zero-order chi connectivity index (χ0) is 12.3. The molecule has 1 aromatic carbocycles. The van der Waals surface area contributed by atoms with E-state index in [4.69, 9.17) is 5.73 Å². The molecule has 0 spiro atoms. The van der Waals surface area contributed by atoms with Crippen LogP contribution in [-0.4, -0.2) is 9.97 Å². The van der Waals surface area contributed by atoms with E-state index in [9.17, 15) is 4.39 Å². The van der Waals surface area contributed by atoms with Crippen molar-refractivity contribution in [2.75, 3.05) is 11.1 Å². The number of nitrogens with one attached hydrogen (secondary N) is 1. The summed E-state index contributed by atoms with van der Waals surface area (Å²) in [6.07, 6.45) is 3.11. The minimum Gasteiger partial charge on any atom is -0.397 e. The van der Waals surface area contributed by atoms with Gasteiger partial charge in [0.25, 0.3) is 0 Å². The van der Waals surface area contributed by atoms with E-state index in [0.717, 1.165) is 5.69 Å². The molecule has 17 heavy (non-hydrogen) atoms. The van der Waals surface area contributed by atoms with Crippen molar-refractivity contribution in [1.82, 2.24) is 9.97 Å². The summed E-state index contributed by atoms with van der Waals surface area (Å²) in [5.74, 6) is -0.357. The van der Waals surface area contributed by atoms with Crippen molar-refractivity contribution in [2.45, 2.75) is 6.54 Å². The molecule has 0 aliphatic rings. The number of nitrogens with zero attached hydrogens (tertiary/aromatic N) is 2. The van der Waals surface area contributed by atoms with Crippen LogP contribution in [0.25, 0.3) is 0 Å². The minimum absolute atomic E-state index is 0.350. The fourth-order valence-electron chi connectivity index (χ4n) is 1.32. The van der Waals surface area contributed by atoms with Gasteiger partial charge < -0.3 is 11.1 Å². The van der Waals surface area contributed by atoms with Gasteiger partial charge in [0.05, 0.1) is 28.1 Å². The second-order valence-electron chi connectivity index (χ2n) is 3.41. The molecule has 0 bridgehead atoms. The van der Waals surface area contributed by atoms with Gasteiger partial charge in [-0.05, 0) is 28.1 Å². The Morgan fingerprint density at radius 1 is 1.41 bits per heavy atom. The number of rotatable bonds is 3. The fourth-order valence-corrected chi connectivity index (χ4v) is 1.68. The normalized spacial score (nSPS) is 10.2. The third-order valence-electron chi connectivity index (χ3n) is 2.20. The van der Waals surface area contributed by atoms with E-state index in [0.29, 0.717) is 22.4 Å². The zero-order valence-electron chi connectivity index (χ0n) is 8.82. The van der Waals surface area contributed by atoms with Gasteiger partial charge in [0.1, 0.15) is 12.1 Å². The van der Waals surface area contributed by atoms with Crippen LogP contribution < -0.4 is 11.1 Å². The van der Waals surface area contributed by atoms with Gasteiger partial charge in [-0.25, -0.2) is 14.4 Å². The molecule has 1 heterocycles. The first-order valence-electron chi connectivity index (χ1n) is 4.90. The van der Waals surface area contributed by atoms with Crippen molar-refractivity contribution in [3.05, 3.63) is 46.7 Å². The molecule has 0 aliphatic carbocycles. The third-order valence-corrected chi connectivity index (χ3v) is 2.80. The average Bonchev–Trinajstić information content (AvgIpc) is 2.33. The second kappa shape index (κ2) is 5.09. The Labute approximate surface area is 106 Å². The maximum Gasteiger partial charge on any atom is 0.139 e. The van der Waals surface area contributed by atoms with Gasteiger partial charge in [-0.3, -0.25) is 0 Å². The lowest BCUT2D eigenvalue weighted by molar-refractivity contribution is 0.622. The van der Waals surface area contributed by atoms with E-state index in [-0.39, 0.29) is 5.82 Å². The highest BCUT2D eigenvalue weighted by atomic mass is 79.9. The highest BCUT2D eigenvalue weighted by Gasteiger charge is 2.05. The molecule has 0 fully saturated rings. The second-order valence-corrected chi connectivity index (χ2v) is 4.26. The fraction of sp³-hybridized carbons (Fsp3) is 0.0909. The van der Waals surface area contributed by atoms with Gasteiger partial charge in [-0.15, -0.1) is 0 Å². The lowest BCUT2D eigenvalue weighted by atomic mass is 10.2. The Balaban J connectivity index is 2.12. The summed E-state index contributed by atoms with van der Waals surface area (Å²) in [5.41, 5.74) is 7.60. The van der Waals surface area contributed by atoms with Gasteiger partial charge in [0, 0.05) is 12.3 Å². The van der Waals surface area contributed by atoms with Gasteiger partial charge in [0.15, 0.2) is 0 Å². The lowest BCUT2D eigenvalue weighted by Crippen LogP contribution is -2.04. The monoisotopic (exact) mass is 296 g/mol. The third kappa shape index (κ3) is 2.91. The Kier molecular flexibility index (Phi) is 3.53. The minimum atomic E-state index is -0.357. The maximum absolute atomic E-state index is 13.3. The van der Waals surface area contributed by atoms with Crippen molar-refractivity contribution < 1.29 is 4.39 Å². The standard InChI is InChI=1S/C11H10BrFN4/c12-8-3-10(14)11(4-9(8)13)16-5-7-1-2-15-6-17-7/h1-4,6,16H,5,14H2. The van der Waals surface area contributed by atoms with Crippen molar-refractivity contribution in [2.24, 2.45) is 0 Å². The number of nitrogens with two attached hydrogens (primary N) is 1. The molecule has 0 aliphatic heterocycles. The molecule has 0 atom stereocenters. The summed E-state index contributed by atoms with van der Waals surface area (Å²) in [7, 11) is 0. The van der Waals surface area contributed by atoms with E-state index in [1.54, 1.807) is 12.3 Å². The maximum atomic E-state index is 13.3. The highest BCUT2D eigenvalue weighted by Crippen LogP contribution is 2.26. The van der Waals surface area contributed by atoms with Crippen LogP contribution in [0.15, 0.2) is 35.2 Å². The predicted molar refractivity (Wildman–Crippen MR) is 67.9 cm³/mol. The number of benzene rings is 1. The average molecular weight is 297 g/mol. The lowest BCUT2D eigenvalue weighted by Gasteiger charge is -2.09. The summed E-state index contributed by atoms with van der Waals surface area (Å²) >= 11 is 3.07. The van der Waals surface area contributed by atoms with E-state index in [1.807, 2.05) is 0 Å². The zero-order valence-corrected chi connectivity index (χ0v) is 10.4. The van der Waals surface area contributed by atoms with Crippen molar-refractivity contribution in [3.8, 4) is 0 Å². The van der Waals surface area contributed by atoms with Gasteiger partial charge in [0.2, 0.25) is 0 Å². The van der Waals surface area contributed by atoms with Crippen LogP contribution in [0.2, 0.25) is 0 Å². The Morgan fingerprint density at radius 3 is 2.94 bits per heavy atom. The smallest absolute Gasteiger partial charge is 0.139 e. The summed E-state index contributed by atoms with van der Waals surface area (Å²) in [6.45, 7) is 0.466. The van der Waals surface area contributed by atoms with Crippen LogP contribution in [0.3, 0.4) is 0 Å². The molecule has 0 unspecified atom stereocenters. The topological polar surface area (TPSA) is 63.8 Å². The Hall–Kier alpha value is -1.69. The number of nitrogen functional groups attached to an aromatic ring is 1. The highest BCUT2D eigenvalue weighted by molar-refractivity contribution is 9.10. The molecular weight excluding hydrogens is 287 g/mol. The number of halogens is 2. The molecule has 0 saturated carbocycles.